The SMILES string of the molecule is COC(=O)C1C(c2ccc(C)cc2)CC2C[C@H]1CN2C. The first-order chi connectivity index (χ1) is 9.60. The Morgan fingerprint density at radius 1 is 1.25 bits per heavy atom. The van der Waals surface area contributed by atoms with Gasteiger partial charge in [0, 0.05) is 12.6 Å². The van der Waals surface area contributed by atoms with E-state index in [1.807, 2.05) is 0 Å². The van der Waals surface area contributed by atoms with E-state index >= 15 is 0 Å². The third-order valence-electron chi connectivity index (χ3n) is 5.17. The Morgan fingerprint density at radius 2 is 1.95 bits per heavy atom. The lowest BCUT2D eigenvalue weighted by molar-refractivity contribution is -0.148. The van der Waals surface area contributed by atoms with Crippen molar-refractivity contribution in [2.45, 2.75) is 31.7 Å². The number of nitrogens with zero attached hydrogens (tertiary/aromatic N) is 1. The number of benzene rings is 1. The maximum Gasteiger partial charge on any atom is 0.309 e. The van der Waals surface area contributed by atoms with Gasteiger partial charge in [0.1, 0.15) is 0 Å². The van der Waals surface area contributed by atoms with Gasteiger partial charge in [-0.2, -0.15) is 0 Å². The number of esters is 1. The molecule has 4 atom stereocenters. The molecule has 1 aromatic rings. The Labute approximate surface area is 120 Å². The Bertz CT molecular complexity index is 494. The summed E-state index contributed by atoms with van der Waals surface area (Å²) in [6.07, 6.45) is 2.20. The molecule has 0 spiro atoms. The average Bonchev–Trinajstić information content (AvgIpc) is 2.74. The molecule has 1 saturated heterocycles. The summed E-state index contributed by atoms with van der Waals surface area (Å²) >= 11 is 0. The molecule has 1 aliphatic carbocycles. The van der Waals surface area contributed by atoms with Gasteiger partial charge in [0.25, 0.3) is 0 Å². The minimum Gasteiger partial charge on any atom is -0.469 e. The van der Waals surface area contributed by atoms with Gasteiger partial charge in [-0.1, -0.05) is 29.8 Å². The van der Waals surface area contributed by atoms with E-state index in [9.17, 15) is 4.79 Å². The second-order valence-corrected chi connectivity index (χ2v) is 6.39. The zero-order valence-electron chi connectivity index (χ0n) is 12.5. The van der Waals surface area contributed by atoms with Gasteiger partial charge in [0.2, 0.25) is 0 Å². The average molecular weight is 273 g/mol. The fourth-order valence-electron chi connectivity index (χ4n) is 4.08. The van der Waals surface area contributed by atoms with Crippen LogP contribution in [-0.4, -0.2) is 37.6 Å². The van der Waals surface area contributed by atoms with Crippen molar-refractivity contribution in [2.24, 2.45) is 11.8 Å². The molecule has 2 bridgehead atoms. The number of carbonyl (C=O) groups excluding carboxylic acids is 1. The number of hydrogen-bond donors (Lipinski definition) is 0. The minimum atomic E-state index is -0.0330. The lowest BCUT2D eigenvalue weighted by Gasteiger charge is -2.35. The predicted octanol–water partition coefficient (Wildman–Crippen LogP) is 2.59. The quantitative estimate of drug-likeness (QED) is 0.776. The molecular weight excluding hydrogens is 250 g/mol. The van der Waals surface area contributed by atoms with Crippen LogP contribution in [0.15, 0.2) is 24.3 Å². The third-order valence-corrected chi connectivity index (χ3v) is 5.17. The van der Waals surface area contributed by atoms with Gasteiger partial charge in [-0.3, -0.25) is 4.79 Å². The van der Waals surface area contributed by atoms with E-state index in [4.69, 9.17) is 4.74 Å². The molecule has 3 nitrogen and oxygen atoms in total. The number of carbonyl (C=O) groups is 1. The van der Waals surface area contributed by atoms with Gasteiger partial charge in [-0.15, -0.1) is 0 Å². The first kappa shape index (κ1) is 13.6. The Hall–Kier alpha value is -1.35. The maximum atomic E-state index is 12.3. The molecule has 2 fully saturated rings. The van der Waals surface area contributed by atoms with Crippen LogP contribution in [0.1, 0.15) is 29.9 Å². The second kappa shape index (κ2) is 5.21. The van der Waals surface area contributed by atoms with E-state index in [0.717, 1.165) is 19.4 Å². The largest absolute Gasteiger partial charge is 0.469 e. The normalized spacial score (nSPS) is 33.1. The second-order valence-electron chi connectivity index (χ2n) is 6.39. The molecule has 0 radical (unpaired) electrons. The van der Waals surface area contributed by atoms with Gasteiger partial charge in [0.15, 0.2) is 0 Å². The van der Waals surface area contributed by atoms with Crippen molar-refractivity contribution in [3.63, 3.8) is 0 Å². The van der Waals surface area contributed by atoms with Crippen LogP contribution in [0.4, 0.5) is 0 Å². The number of likely N-dealkylation sites (tertiary alicyclic amines) is 1. The van der Waals surface area contributed by atoms with Crippen LogP contribution < -0.4 is 0 Å². The van der Waals surface area contributed by atoms with Crippen LogP contribution >= 0.6 is 0 Å². The maximum absolute atomic E-state index is 12.3. The summed E-state index contributed by atoms with van der Waals surface area (Å²) in [6.45, 7) is 3.12. The molecule has 1 aromatic carbocycles. The predicted molar refractivity (Wildman–Crippen MR) is 78.6 cm³/mol. The molecule has 3 rings (SSSR count). The van der Waals surface area contributed by atoms with Crippen LogP contribution in [0.5, 0.6) is 0 Å². The monoisotopic (exact) mass is 273 g/mol. The Kier molecular flexibility index (Phi) is 3.55. The van der Waals surface area contributed by atoms with Crippen molar-refractivity contribution in [2.75, 3.05) is 20.7 Å². The molecule has 0 amide bonds. The number of methoxy groups -OCH3 is 1. The van der Waals surface area contributed by atoms with Crippen LogP contribution in [0.3, 0.4) is 0 Å². The molecule has 0 N–H and O–H groups in total. The lowest BCUT2D eigenvalue weighted by Crippen LogP contribution is -2.36. The summed E-state index contributed by atoms with van der Waals surface area (Å²) in [7, 11) is 3.69. The highest BCUT2D eigenvalue weighted by atomic mass is 16.5. The fourth-order valence-corrected chi connectivity index (χ4v) is 4.08. The number of ether oxygens (including phenoxy) is 1. The van der Waals surface area contributed by atoms with Crippen molar-refractivity contribution in [3.05, 3.63) is 35.4 Å². The fraction of sp³-hybridized carbons (Fsp3) is 0.588. The molecule has 1 aliphatic heterocycles. The van der Waals surface area contributed by atoms with Gasteiger partial charge in [-0.05, 0) is 44.2 Å². The van der Waals surface area contributed by atoms with Gasteiger partial charge in [-0.25, -0.2) is 0 Å². The standard InChI is InChI=1S/C17H23NO2/c1-11-4-6-12(7-5-11)15-9-14-8-13(10-18(14)2)16(15)17(19)20-3/h4-7,13-16H,8-10H2,1-3H3/t13-,14?,15?,16?/m0/s1. The van der Waals surface area contributed by atoms with E-state index < -0.39 is 0 Å². The number of rotatable bonds is 2. The van der Waals surface area contributed by atoms with Gasteiger partial charge >= 0.3 is 5.97 Å². The first-order valence-electron chi connectivity index (χ1n) is 7.44. The summed E-state index contributed by atoms with van der Waals surface area (Å²) in [4.78, 5) is 14.7. The van der Waals surface area contributed by atoms with E-state index in [2.05, 4.69) is 43.1 Å². The lowest BCUT2D eigenvalue weighted by atomic mass is 9.70. The molecule has 3 unspecified atom stereocenters. The van der Waals surface area contributed by atoms with Gasteiger partial charge in [0.05, 0.1) is 13.0 Å². The highest BCUT2D eigenvalue weighted by Crippen LogP contribution is 2.47. The van der Waals surface area contributed by atoms with Crippen LogP contribution in [0.25, 0.3) is 0 Å². The highest BCUT2D eigenvalue weighted by molar-refractivity contribution is 5.74. The van der Waals surface area contributed by atoms with Crippen molar-refractivity contribution >= 4 is 5.97 Å². The molecule has 108 valence electrons. The Morgan fingerprint density at radius 3 is 2.60 bits per heavy atom. The van der Waals surface area contributed by atoms with Crippen molar-refractivity contribution in [1.29, 1.82) is 0 Å². The zero-order valence-corrected chi connectivity index (χ0v) is 12.5. The van der Waals surface area contributed by atoms with Crippen molar-refractivity contribution in [3.8, 4) is 0 Å². The highest BCUT2D eigenvalue weighted by Gasteiger charge is 2.48. The summed E-state index contributed by atoms with van der Waals surface area (Å²) in [5, 5.41) is 0. The van der Waals surface area contributed by atoms with Crippen LogP contribution in [0, 0.1) is 18.8 Å². The third kappa shape index (κ3) is 2.24. The summed E-state index contributed by atoms with van der Waals surface area (Å²) in [5.41, 5.74) is 2.55. The minimum absolute atomic E-state index is 0.0175. The van der Waals surface area contributed by atoms with Crippen molar-refractivity contribution < 1.29 is 9.53 Å². The van der Waals surface area contributed by atoms with E-state index in [-0.39, 0.29) is 11.9 Å². The topological polar surface area (TPSA) is 29.5 Å². The molecule has 0 aromatic heterocycles. The van der Waals surface area contributed by atoms with Gasteiger partial charge < -0.3 is 9.64 Å². The van der Waals surface area contributed by atoms with E-state index in [0.29, 0.717) is 17.9 Å². The van der Waals surface area contributed by atoms with E-state index in [1.54, 1.807) is 0 Å². The number of hydrogen-bond acceptors (Lipinski definition) is 3. The molecule has 1 heterocycles. The zero-order chi connectivity index (χ0) is 14.3. The molecule has 1 saturated carbocycles. The number of fused-ring (bicyclic) bond motifs is 2. The number of aryl methyl sites for hydroxylation is 1. The van der Waals surface area contributed by atoms with Crippen LogP contribution in [0.2, 0.25) is 0 Å². The first-order valence-corrected chi connectivity index (χ1v) is 7.44. The molecule has 3 heteroatoms. The van der Waals surface area contributed by atoms with E-state index in [1.165, 1.54) is 18.2 Å². The molecule has 20 heavy (non-hydrogen) atoms. The smallest absolute Gasteiger partial charge is 0.309 e. The summed E-state index contributed by atoms with van der Waals surface area (Å²) in [6, 6.07) is 9.27. The Balaban J connectivity index is 1.94. The summed E-state index contributed by atoms with van der Waals surface area (Å²) in [5.74, 6) is 0.729. The van der Waals surface area contributed by atoms with Crippen molar-refractivity contribution in [1.82, 2.24) is 4.90 Å². The molecule has 2 aliphatic rings. The summed E-state index contributed by atoms with van der Waals surface area (Å²) < 4.78 is 5.09. The molecular formula is C17H23NO2. The van der Waals surface area contributed by atoms with Crippen LogP contribution in [-0.2, 0) is 9.53 Å².